The second-order valence-electron chi connectivity index (χ2n) is 10.5. The molecule has 2 amide bonds. The first kappa shape index (κ1) is 31.8. The van der Waals surface area contributed by atoms with Gasteiger partial charge in [-0.3, -0.25) is 19.2 Å². The monoisotopic (exact) mass is 559 g/mol. The lowest BCUT2D eigenvalue weighted by Crippen LogP contribution is -2.68. The van der Waals surface area contributed by atoms with Gasteiger partial charge in [-0.1, -0.05) is 0 Å². The van der Waals surface area contributed by atoms with Gasteiger partial charge in [-0.05, 0) is 34.1 Å². The molecule has 1 N–H and O–H groups in total. The van der Waals surface area contributed by atoms with Gasteiger partial charge in [0.15, 0.2) is 12.2 Å². The first-order chi connectivity index (χ1) is 17.9. The van der Waals surface area contributed by atoms with E-state index in [-0.39, 0.29) is 6.42 Å². The number of hydrogen-bond acceptors (Lipinski definition) is 14. The van der Waals surface area contributed by atoms with Crippen molar-refractivity contribution in [2.75, 3.05) is 6.61 Å². The van der Waals surface area contributed by atoms with Crippen molar-refractivity contribution in [3.8, 4) is 0 Å². The Hall–Kier alpha value is -3.37. The standard InChI is InChI=1S/C23H35N4O12/c1-11(28)35-10-15-18(36-12(2)29)19(37-13(3)30)17(20(39-15)38-14(4)31)24-21(32)26(25-33)16-9-22(5,6)27(34)23(16,7)8/h15-20H,9-10H2,1-8H3,(H,24,32)/q-1/t15-,16?,17-,18-,19-,20?/m1/s1. The van der Waals surface area contributed by atoms with Crippen molar-refractivity contribution < 1.29 is 47.7 Å². The van der Waals surface area contributed by atoms with E-state index in [1.807, 2.05) is 0 Å². The van der Waals surface area contributed by atoms with Crippen LogP contribution < -0.4 is 5.32 Å². The van der Waals surface area contributed by atoms with E-state index < -0.39 is 84.3 Å². The number of amides is 2. The number of nitroso groups, excluding NO2 is 1. The van der Waals surface area contributed by atoms with Crippen molar-refractivity contribution in [3.63, 3.8) is 0 Å². The van der Waals surface area contributed by atoms with Crippen LogP contribution >= 0.6 is 0 Å². The van der Waals surface area contributed by atoms with E-state index in [1.54, 1.807) is 27.7 Å². The molecule has 2 unspecified atom stereocenters. The van der Waals surface area contributed by atoms with Crippen LogP contribution in [0.3, 0.4) is 0 Å². The molecule has 6 atom stereocenters. The molecule has 2 saturated heterocycles. The molecule has 2 rings (SSSR count). The van der Waals surface area contributed by atoms with Crippen molar-refractivity contribution in [3.05, 3.63) is 10.1 Å². The summed E-state index contributed by atoms with van der Waals surface area (Å²) in [6.07, 6.45) is -5.83. The molecule has 0 aromatic rings. The molecule has 0 aliphatic carbocycles. The zero-order valence-electron chi connectivity index (χ0n) is 23.1. The molecule has 39 heavy (non-hydrogen) atoms. The zero-order chi connectivity index (χ0) is 29.9. The number of carbonyl (C=O) groups excluding carboxylic acids is 5. The predicted octanol–water partition coefficient (Wildman–Crippen LogP) is 0.892. The van der Waals surface area contributed by atoms with Gasteiger partial charge in [0.25, 0.3) is 0 Å². The van der Waals surface area contributed by atoms with Gasteiger partial charge in [0, 0.05) is 38.8 Å². The molecular formula is C23H35N4O12-. The third kappa shape index (κ3) is 7.39. The number of nitrogens with zero attached hydrogens (tertiary/aromatic N) is 3. The second-order valence-corrected chi connectivity index (χ2v) is 10.5. The van der Waals surface area contributed by atoms with Crippen molar-refractivity contribution >= 4 is 29.9 Å². The molecule has 0 aromatic heterocycles. The van der Waals surface area contributed by atoms with Gasteiger partial charge in [-0.15, -0.1) is 4.91 Å². The Morgan fingerprint density at radius 1 is 0.949 bits per heavy atom. The average molecular weight is 560 g/mol. The molecule has 0 bridgehead atoms. The summed E-state index contributed by atoms with van der Waals surface area (Å²) in [6.45, 7) is 10.2. The molecule has 2 aliphatic rings. The van der Waals surface area contributed by atoms with Crippen LogP contribution in [0.15, 0.2) is 5.29 Å². The summed E-state index contributed by atoms with van der Waals surface area (Å²) < 4.78 is 26.6. The van der Waals surface area contributed by atoms with Gasteiger partial charge in [-0.2, -0.15) is 5.01 Å². The maximum Gasteiger partial charge on any atom is 0.341 e. The minimum absolute atomic E-state index is 0.0884. The lowest BCUT2D eigenvalue weighted by Gasteiger charge is -2.48. The van der Waals surface area contributed by atoms with Gasteiger partial charge >= 0.3 is 29.9 Å². The highest BCUT2D eigenvalue weighted by atomic mass is 16.7. The Bertz CT molecular complexity index is 986. The molecule has 2 aliphatic heterocycles. The van der Waals surface area contributed by atoms with Crippen molar-refractivity contribution in [1.29, 1.82) is 0 Å². The number of urea groups is 1. The summed E-state index contributed by atoms with van der Waals surface area (Å²) in [6, 6.07) is -3.64. The smallest absolute Gasteiger partial charge is 0.341 e. The number of hydroxylamine groups is 2. The molecule has 0 radical (unpaired) electrons. The fourth-order valence-corrected chi connectivity index (χ4v) is 4.87. The molecule has 0 aromatic carbocycles. The first-order valence-electron chi connectivity index (χ1n) is 12.1. The van der Waals surface area contributed by atoms with Crippen LogP contribution in [-0.4, -0.2) is 94.4 Å². The fourth-order valence-electron chi connectivity index (χ4n) is 4.87. The molecule has 220 valence electrons. The fraction of sp³-hybridized carbons (Fsp3) is 0.783. The summed E-state index contributed by atoms with van der Waals surface area (Å²) in [7, 11) is 0. The van der Waals surface area contributed by atoms with Crippen molar-refractivity contribution in [1.82, 2.24) is 15.4 Å². The van der Waals surface area contributed by atoms with Crippen LogP contribution in [0.2, 0.25) is 0 Å². The van der Waals surface area contributed by atoms with Crippen LogP contribution in [0.25, 0.3) is 0 Å². The Kier molecular flexibility index (Phi) is 9.97. The topological polar surface area (TPSA) is 202 Å². The van der Waals surface area contributed by atoms with E-state index in [2.05, 4.69) is 10.6 Å². The second kappa shape index (κ2) is 12.2. The molecule has 16 nitrogen and oxygen atoms in total. The molecule has 2 fully saturated rings. The van der Waals surface area contributed by atoms with E-state index in [0.717, 1.165) is 32.8 Å². The summed E-state index contributed by atoms with van der Waals surface area (Å²) >= 11 is 0. The molecule has 0 saturated carbocycles. The lowest BCUT2D eigenvalue weighted by atomic mass is 9.93. The Morgan fingerprint density at radius 3 is 1.92 bits per heavy atom. The lowest BCUT2D eigenvalue weighted by molar-refractivity contribution is -0.270. The van der Waals surface area contributed by atoms with Gasteiger partial charge in [-0.25, -0.2) is 4.79 Å². The number of rotatable bonds is 8. The largest absolute Gasteiger partial charge is 0.784 e. The van der Waals surface area contributed by atoms with Crippen LogP contribution in [0.4, 0.5) is 4.79 Å². The van der Waals surface area contributed by atoms with Crippen LogP contribution in [0.5, 0.6) is 0 Å². The van der Waals surface area contributed by atoms with E-state index in [4.69, 9.17) is 23.7 Å². The highest BCUT2D eigenvalue weighted by Crippen LogP contribution is 2.42. The molecule has 2 heterocycles. The first-order valence-corrected chi connectivity index (χ1v) is 12.1. The maximum absolute atomic E-state index is 13.4. The van der Waals surface area contributed by atoms with Gasteiger partial charge in [0.1, 0.15) is 18.8 Å². The van der Waals surface area contributed by atoms with E-state index >= 15 is 0 Å². The van der Waals surface area contributed by atoms with Gasteiger partial charge in [0.05, 0.1) is 11.3 Å². The Morgan fingerprint density at radius 2 is 1.49 bits per heavy atom. The van der Waals surface area contributed by atoms with E-state index in [1.165, 1.54) is 0 Å². The highest BCUT2D eigenvalue weighted by Gasteiger charge is 2.55. The molecule has 0 spiro atoms. The third-order valence-electron chi connectivity index (χ3n) is 6.45. The number of nitrogens with one attached hydrogen (secondary N) is 1. The average Bonchev–Trinajstić information content (AvgIpc) is 2.95. The van der Waals surface area contributed by atoms with Crippen molar-refractivity contribution in [2.45, 2.75) is 110 Å². The van der Waals surface area contributed by atoms with Gasteiger partial charge in [0.2, 0.25) is 6.29 Å². The van der Waals surface area contributed by atoms with E-state index in [9.17, 15) is 34.1 Å². The summed E-state index contributed by atoms with van der Waals surface area (Å²) in [4.78, 5) is 72.5. The van der Waals surface area contributed by atoms with Crippen LogP contribution in [-0.2, 0) is 42.9 Å². The minimum atomic E-state index is -1.65. The van der Waals surface area contributed by atoms with Gasteiger partial charge < -0.3 is 39.3 Å². The highest BCUT2D eigenvalue weighted by molar-refractivity contribution is 5.75. The normalized spacial score (nSPS) is 29.5. The summed E-state index contributed by atoms with van der Waals surface area (Å²) in [5.74, 6) is -3.25. The summed E-state index contributed by atoms with van der Waals surface area (Å²) in [5.41, 5.74) is -2.16. The predicted molar refractivity (Wildman–Crippen MR) is 130 cm³/mol. The van der Waals surface area contributed by atoms with Crippen molar-refractivity contribution in [2.24, 2.45) is 5.29 Å². The third-order valence-corrected chi connectivity index (χ3v) is 6.45. The van der Waals surface area contributed by atoms with E-state index in [0.29, 0.717) is 5.01 Å². The molecular weight excluding hydrogens is 524 g/mol. The Balaban J connectivity index is 2.49. The number of esters is 4. The SMILES string of the molecule is CC(=O)OC[C@H]1OC(OC(C)=O)[C@H](NC(=O)N(N=O)C2CC(C)(C)N([O-])C2(C)C)[C@@H](OC(C)=O)[C@@H]1OC(C)=O. The van der Waals surface area contributed by atoms with Crippen LogP contribution in [0, 0.1) is 10.1 Å². The number of ether oxygens (including phenoxy) is 5. The summed E-state index contributed by atoms with van der Waals surface area (Å²) in [5, 5.41) is 19.4. The minimum Gasteiger partial charge on any atom is -0.784 e. The van der Waals surface area contributed by atoms with Crippen LogP contribution in [0.1, 0.15) is 61.8 Å². The molecule has 16 heteroatoms. The zero-order valence-corrected chi connectivity index (χ0v) is 23.1. The number of hydrogen-bond donors (Lipinski definition) is 1. The Labute approximate surface area is 225 Å². The quantitative estimate of drug-likeness (QED) is 0.190. The number of carbonyl (C=O) groups is 5. The maximum atomic E-state index is 13.4.